The lowest BCUT2D eigenvalue weighted by Gasteiger charge is -2.33. The number of hydrogen-bond donors (Lipinski definition) is 1. The molecule has 0 amide bonds. The summed E-state index contributed by atoms with van der Waals surface area (Å²) in [6.07, 6.45) is 10.2. The van der Waals surface area contributed by atoms with Gasteiger partial charge in [0.15, 0.2) is 0 Å². The van der Waals surface area contributed by atoms with Crippen LogP contribution in [0.5, 0.6) is 0 Å². The van der Waals surface area contributed by atoms with Crippen molar-refractivity contribution in [1.82, 2.24) is 0 Å². The molecule has 1 saturated carbocycles. The van der Waals surface area contributed by atoms with Crippen LogP contribution in [0, 0.1) is 29.6 Å². The van der Waals surface area contributed by atoms with E-state index in [0.29, 0.717) is 23.8 Å². The van der Waals surface area contributed by atoms with Crippen molar-refractivity contribution in [3.8, 4) is 11.8 Å². The lowest BCUT2D eigenvalue weighted by atomic mass is 9.71. The maximum Gasteiger partial charge on any atom is 0.0483 e. The fraction of sp³-hybridized carbons (Fsp3) is 0.600. The molecule has 0 radical (unpaired) electrons. The lowest BCUT2D eigenvalue weighted by molar-refractivity contribution is 0.291. The van der Waals surface area contributed by atoms with Gasteiger partial charge in [0.1, 0.15) is 0 Å². The SMILES string of the molecule is C=CC(C1=CC(CC)C#CC1C1CCC(N)CC1)=C(C)C. The second-order valence-electron chi connectivity index (χ2n) is 6.70. The minimum Gasteiger partial charge on any atom is -0.328 e. The Bertz CT molecular complexity index is 500. The Hall–Kier alpha value is -1.26. The van der Waals surface area contributed by atoms with Gasteiger partial charge in [0.2, 0.25) is 0 Å². The second kappa shape index (κ2) is 7.14. The molecule has 21 heavy (non-hydrogen) atoms. The summed E-state index contributed by atoms with van der Waals surface area (Å²) in [5, 5.41) is 0. The van der Waals surface area contributed by atoms with Crippen LogP contribution in [0.2, 0.25) is 0 Å². The van der Waals surface area contributed by atoms with Crippen molar-refractivity contribution >= 4 is 0 Å². The second-order valence-corrected chi connectivity index (χ2v) is 6.70. The maximum absolute atomic E-state index is 6.06. The van der Waals surface area contributed by atoms with Crippen molar-refractivity contribution in [2.24, 2.45) is 23.5 Å². The van der Waals surface area contributed by atoms with E-state index in [4.69, 9.17) is 5.73 Å². The zero-order valence-corrected chi connectivity index (χ0v) is 13.8. The Morgan fingerprint density at radius 3 is 2.48 bits per heavy atom. The smallest absolute Gasteiger partial charge is 0.0483 e. The molecule has 1 fully saturated rings. The molecule has 0 aliphatic heterocycles. The van der Waals surface area contributed by atoms with Crippen LogP contribution in [-0.4, -0.2) is 6.04 Å². The van der Waals surface area contributed by atoms with Crippen molar-refractivity contribution in [2.45, 2.75) is 58.9 Å². The van der Waals surface area contributed by atoms with E-state index < -0.39 is 0 Å². The first kappa shape index (κ1) is 16.1. The van der Waals surface area contributed by atoms with Gasteiger partial charge in [-0.25, -0.2) is 0 Å². The first-order chi connectivity index (χ1) is 10.1. The third-order valence-electron chi connectivity index (χ3n) is 4.92. The van der Waals surface area contributed by atoms with E-state index in [-0.39, 0.29) is 0 Å². The van der Waals surface area contributed by atoms with E-state index in [1.165, 1.54) is 29.6 Å². The molecule has 2 unspecified atom stereocenters. The highest BCUT2D eigenvalue weighted by molar-refractivity contribution is 5.49. The van der Waals surface area contributed by atoms with Crippen LogP contribution in [0.15, 0.2) is 35.5 Å². The van der Waals surface area contributed by atoms with Crippen LogP contribution in [0.1, 0.15) is 52.9 Å². The summed E-state index contributed by atoms with van der Waals surface area (Å²) in [5.41, 5.74) is 10.1. The number of allylic oxidation sites excluding steroid dienone is 5. The van der Waals surface area contributed by atoms with Crippen molar-refractivity contribution < 1.29 is 0 Å². The molecule has 2 aliphatic carbocycles. The minimum atomic E-state index is 0.378. The van der Waals surface area contributed by atoms with Crippen molar-refractivity contribution in [2.75, 3.05) is 0 Å². The third kappa shape index (κ3) is 3.69. The summed E-state index contributed by atoms with van der Waals surface area (Å²) >= 11 is 0. The van der Waals surface area contributed by atoms with Crippen LogP contribution in [0.4, 0.5) is 0 Å². The summed E-state index contributed by atoms with van der Waals surface area (Å²) in [7, 11) is 0. The van der Waals surface area contributed by atoms with Gasteiger partial charge in [0, 0.05) is 17.9 Å². The van der Waals surface area contributed by atoms with E-state index in [9.17, 15) is 0 Å². The molecule has 2 N–H and O–H groups in total. The first-order valence-corrected chi connectivity index (χ1v) is 8.35. The largest absolute Gasteiger partial charge is 0.328 e. The molecular formula is C20H29N. The normalized spacial score (nSPS) is 31.7. The molecular weight excluding hydrogens is 254 g/mol. The molecule has 1 nitrogen and oxygen atoms in total. The zero-order chi connectivity index (χ0) is 15.4. The van der Waals surface area contributed by atoms with Gasteiger partial charge in [-0.05, 0) is 63.0 Å². The molecule has 114 valence electrons. The quantitative estimate of drug-likeness (QED) is 0.591. The van der Waals surface area contributed by atoms with Gasteiger partial charge in [0.25, 0.3) is 0 Å². The summed E-state index contributed by atoms with van der Waals surface area (Å²) in [4.78, 5) is 0. The van der Waals surface area contributed by atoms with E-state index in [2.05, 4.69) is 45.3 Å². The molecule has 0 aromatic rings. The highest BCUT2D eigenvalue weighted by Crippen LogP contribution is 2.39. The molecule has 1 heteroatoms. The van der Waals surface area contributed by atoms with Gasteiger partial charge in [-0.3, -0.25) is 0 Å². The topological polar surface area (TPSA) is 26.0 Å². The summed E-state index contributed by atoms with van der Waals surface area (Å²) < 4.78 is 0. The molecule has 0 heterocycles. The van der Waals surface area contributed by atoms with Gasteiger partial charge >= 0.3 is 0 Å². The minimum absolute atomic E-state index is 0.378. The summed E-state index contributed by atoms with van der Waals surface area (Å²) in [5.74, 6) is 8.48. The van der Waals surface area contributed by atoms with E-state index in [1.54, 1.807) is 0 Å². The van der Waals surface area contributed by atoms with Crippen LogP contribution in [0.3, 0.4) is 0 Å². The fourth-order valence-corrected chi connectivity index (χ4v) is 3.57. The van der Waals surface area contributed by atoms with E-state index in [1.807, 2.05) is 6.08 Å². The van der Waals surface area contributed by atoms with Gasteiger partial charge in [0.05, 0.1) is 0 Å². The van der Waals surface area contributed by atoms with Crippen molar-refractivity contribution in [3.63, 3.8) is 0 Å². The molecule has 0 spiro atoms. The first-order valence-electron chi connectivity index (χ1n) is 8.35. The number of rotatable bonds is 4. The highest BCUT2D eigenvalue weighted by atomic mass is 14.6. The predicted molar refractivity (Wildman–Crippen MR) is 91.6 cm³/mol. The fourth-order valence-electron chi connectivity index (χ4n) is 3.57. The predicted octanol–water partition coefficient (Wildman–Crippen LogP) is 4.61. The van der Waals surface area contributed by atoms with Gasteiger partial charge in [-0.15, -0.1) is 0 Å². The van der Waals surface area contributed by atoms with Crippen LogP contribution >= 0.6 is 0 Å². The van der Waals surface area contributed by atoms with E-state index >= 15 is 0 Å². The van der Waals surface area contributed by atoms with Crippen LogP contribution < -0.4 is 5.73 Å². The van der Waals surface area contributed by atoms with Crippen molar-refractivity contribution in [3.05, 3.63) is 35.5 Å². The molecule has 2 aliphatic rings. The molecule has 0 bridgehead atoms. The molecule has 0 aromatic carbocycles. The highest BCUT2D eigenvalue weighted by Gasteiger charge is 2.30. The van der Waals surface area contributed by atoms with Crippen LogP contribution in [-0.2, 0) is 0 Å². The lowest BCUT2D eigenvalue weighted by Crippen LogP contribution is -2.31. The Kier molecular flexibility index (Phi) is 5.48. The number of hydrogen-bond acceptors (Lipinski definition) is 1. The molecule has 2 rings (SSSR count). The van der Waals surface area contributed by atoms with E-state index in [0.717, 1.165) is 19.3 Å². The average molecular weight is 283 g/mol. The zero-order valence-electron chi connectivity index (χ0n) is 13.8. The van der Waals surface area contributed by atoms with Gasteiger partial charge in [-0.2, -0.15) is 0 Å². The Morgan fingerprint density at radius 1 is 1.29 bits per heavy atom. The monoisotopic (exact) mass is 283 g/mol. The third-order valence-corrected chi connectivity index (χ3v) is 4.92. The maximum atomic E-state index is 6.06. The molecule has 0 saturated heterocycles. The molecule has 2 atom stereocenters. The van der Waals surface area contributed by atoms with Crippen LogP contribution in [0.25, 0.3) is 0 Å². The molecule has 0 aromatic heterocycles. The van der Waals surface area contributed by atoms with Gasteiger partial charge in [-0.1, -0.05) is 43.1 Å². The van der Waals surface area contributed by atoms with Gasteiger partial charge < -0.3 is 5.73 Å². The summed E-state index contributed by atoms with van der Waals surface area (Å²) in [6, 6.07) is 0.399. The Labute approximate surface area is 130 Å². The average Bonchev–Trinajstić information content (AvgIpc) is 2.48. The van der Waals surface area contributed by atoms with Crippen molar-refractivity contribution in [1.29, 1.82) is 0 Å². The summed E-state index contributed by atoms with van der Waals surface area (Å²) in [6.45, 7) is 10.6. The Morgan fingerprint density at radius 2 is 1.95 bits per heavy atom. The number of nitrogens with two attached hydrogens (primary N) is 1. The standard InChI is InChI=1S/C20H29N/c1-5-15-7-12-19(16-8-10-17(21)11-9-16)20(13-15)18(6-2)14(3)4/h6,13,15-17,19H,2,5,8-11,21H2,1,3-4H3. The Balaban J connectivity index is 2.30.